The number of hydrogen-bond acceptors (Lipinski definition) is 4. The van der Waals surface area contributed by atoms with Crippen molar-refractivity contribution in [3.63, 3.8) is 0 Å². The first-order valence-electron chi connectivity index (χ1n) is 15.4. The summed E-state index contributed by atoms with van der Waals surface area (Å²) < 4.78 is 12.7. The summed E-state index contributed by atoms with van der Waals surface area (Å²) in [6, 6.07) is 7.84. The van der Waals surface area contributed by atoms with E-state index >= 15 is 0 Å². The van der Waals surface area contributed by atoms with Gasteiger partial charge in [-0.1, -0.05) is 58.3 Å². The summed E-state index contributed by atoms with van der Waals surface area (Å²) in [4.78, 5) is 25.6. The third-order valence-corrected chi connectivity index (χ3v) is 12.5. The Bertz CT molecular complexity index is 1110. The van der Waals surface area contributed by atoms with Crippen LogP contribution in [0.5, 0.6) is 0 Å². The normalized spacial score (nSPS) is 38.1. The van der Waals surface area contributed by atoms with Crippen LogP contribution in [0.3, 0.4) is 0 Å². The van der Waals surface area contributed by atoms with E-state index in [1.54, 1.807) is 0 Å². The lowest BCUT2D eigenvalue weighted by Crippen LogP contribution is -2.62. The van der Waals surface area contributed by atoms with Crippen molar-refractivity contribution in [1.82, 2.24) is 0 Å². The number of rotatable bonds is 7. The van der Waals surface area contributed by atoms with Crippen LogP contribution in [0, 0.1) is 49.9 Å². The fraction of sp³-hybridized carbons (Fsp3) is 0.706. The largest absolute Gasteiger partial charge is 0.469 e. The second-order valence-electron chi connectivity index (χ2n) is 13.5. The molecule has 0 N–H and O–H groups in total. The number of allylic oxidation sites excluding steroid dienone is 2. The van der Waals surface area contributed by atoms with Crippen LogP contribution >= 0.6 is 22.6 Å². The van der Waals surface area contributed by atoms with Crippen molar-refractivity contribution in [2.45, 2.75) is 98.0 Å². The van der Waals surface area contributed by atoms with Gasteiger partial charge < -0.3 is 9.47 Å². The van der Waals surface area contributed by atoms with E-state index in [0.29, 0.717) is 52.9 Å². The molecule has 4 nitrogen and oxygen atoms in total. The minimum absolute atomic E-state index is 0.0377. The van der Waals surface area contributed by atoms with Crippen LogP contribution in [-0.4, -0.2) is 25.2 Å². The van der Waals surface area contributed by atoms with Gasteiger partial charge in [0.15, 0.2) is 0 Å². The van der Waals surface area contributed by atoms with Gasteiger partial charge in [-0.15, -0.1) is 0 Å². The predicted octanol–water partition coefficient (Wildman–Crippen LogP) is 8.62. The number of esters is 2. The molecular formula is C34H47IO4. The summed E-state index contributed by atoms with van der Waals surface area (Å²) in [5.41, 5.74) is 2.63. The average molecular weight is 647 g/mol. The quantitative estimate of drug-likeness (QED) is 0.169. The molecule has 0 spiro atoms. The molecule has 9 atom stereocenters. The molecule has 4 aliphatic carbocycles. The lowest BCUT2D eigenvalue weighted by Gasteiger charge is -2.64. The molecule has 0 bridgehead atoms. The molecule has 3 fully saturated rings. The van der Waals surface area contributed by atoms with E-state index in [2.05, 4.69) is 56.4 Å². The smallest absolute Gasteiger partial charge is 0.338 e. The van der Waals surface area contributed by atoms with Crippen molar-refractivity contribution < 1.29 is 19.1 Å². The van der Waals surface area contributed by atoms with Crippen LogP contribution in [-0.2, 0) is 14.3 Å². The summed E-state index contributed by atoms with van der Waals surface area (Å²) in [6.07, 6.45) is 13.5. The molecule has 0 aliphatic heterocycles. The number of fused-ring (bicyclic) bond motifs is 5. The van der Waals surface area contributed by atoms with Crippen molar-refractivity contribution in [2.24, 2.45) is 46.3 Å². The summed E-state index contributed by atoms with van der Waals surface area (Å²) in [7, 11) is 1.48. The SMILES string of the molecule is CC[C@H]1[C@@H](OC(=O)c2cccc(I)c2)[C@@H]2[C@H](CC[C@]3(C)C([C@H](C)CCC(=O)OC)=CC[C@@H]23)[C@@]2(C)CCCC[C@@H]12. The second kappa shape index (κ2) is 11.5. The van der Waals surface area contributed by atoms with Gasteiger partial charge in [0.25, 0.3) is 0 Å². The first-order valence-corrected chi connectivity index (χ1v) is 16.5. The number of ether oxygens (including phenoxy) is 2. The Morgan fingerprint density at radius 2 is 1.90 bits per heavy atom. The molecule has 0 amide bonds. The van der Waals surface area contributed by atoms with Crippen LogP contribution in [0.15, 0.2) is 35.9 Å². The molecule has 0 saturated heterocycles. The van der Waals surface area contributed by atoms with E-state index in [0.717, 1.165) is 22.8 Å². The number of methoxy groups -OCH3 is 1. The van der Waals surface area contributed by atoms with Crippen LogP contribution in [0.25, 0.3) is 0 Å². The Kier molecular flexibility index (Phi) is 8.58. The van der Waals surface area contributed by atoms with Gasteiger partial charge in [0.2, 0.25) is 0 Å². The summed E-state index contributed by atoms with van der Waals surface area (Å²) >= 11 is 2.28. The summed E-state index contributed by atoms with van der Waals surface area (Å²) in [5.74, 6) is 2.57. The van der Waals surface area contributed by atoms with Crippen LogP contribution in [0.1, 0.15) is 102 Å². The maximum Gasteiger partial charge on any atom is 0.338 e. The molecule has 0 unspecified atom stereocenters. The zero-order chi connectivity index (χ0) is 27.9. The molecular weight excluding hydrogens is 599 g/mol. The topological polar surface area (TPSA) is 52.6 Å². The predicted molar refractivity (Wildman–Crippen MR) is 163 cm³/mol. The fourth-order valence-electron chi connectivity index (χ4n) is 9.94. The molecule has 1 aromatic carbocycles. The Labute approximate surface area is 249 Å². The number of halogens is 1. The van der Waals surface area contributed by atoms with Gasteiger partial charge in [0.05, 0.1) is 12.7 Å². The third kappa shape index (κ3) is 5.12. The molecule has 39 heavy (non-hydrogen) atoms. The van der Waals surface area contributed by atoms with E-state index in [1.165, 1.54) is 51.2 Å². The first-order chi connectivity index (χ1) is 18.6. The molecule has 0 heterocycles. The first kappa shape index (κ1) is 29.1. The highest BCUT2D eigenvalue weighted by Gasteiger charge is 2.64. The Balaban J connectivity index is 1.49. The number of hydrogen-bond donors (Lipinski definition) is 0. The van der Waals surface area contributed by atoms with Gasteiger partial charge in [0.1, 0.15) is 6.10 Å². The fourth-order valence-corrected chi connectivity index (χ4v) is 10.5. The van der Waals surface area contributed by atoms with Crippen molar-refractivity contribution in [2.75, 3.05) is 7.11 Å². The third-order valence-electron chi connectivity index (χ3n) is 11.8. The minimum atomic E-state index is -0.153. The van der Waals surface area contributed by atoms with Crippen molar-refractivity contribution >= 4 is 34.5 Å². The van der Waals surface area contributed by atoms with Crippen LogP contribution < -0.4 is 0 Å². The van der Waals surface area contributed by atoms with E-state index in [4.69, 9.17) is 9.47 Å². The van der Waals surface area contributed by atoms with E-state index in [1.807, 2.05) is 24.3 Å². The molecule has 1 aromatic rings. The van der Waals surface area contributed by atoms with Crippen LogP contribution in [0.4, 0.5) is 0 Å². The molecule has 5 heteroatoms. The minimum Gasteiger partial charge on any atom is -0.469 e. The molecule has 0 radical (unpaired) electrons. The van der Waals surface area contributed by atoms with Gasteiger partial charge in [-0.25, -0.2) is 4.79 Å². The Morgan fingerprint density at radius 3 is 2.62 bits per heavy atom. The lowest BCUT2D eigenvalue weighted by atomic mass is 9.41. The Morgan fingerprint density at radius 1 is 1.10 bits per heavy atom. The molecule has 214 valence electrons. The molecule has 0 aromatic heterocycles. The van der Waals surface area contributed by atoms with Gasteiger partial charge in [0, 0.05) is 15.9 Å². The number of benzene rings is 1. The van der Waals surface area contributed by atoms with E-state index in [9.17, 15) is 9.59 Å². The summed E-state index contributed by atoms with van der Waals surface area (Å²) in [6.45, 7) is 9.69. The van der Waals surface area contributed by atoms with E-state index < -0.39 is 0 Å². The van der Waals surface area contributed by atoms with E-state index in [-0.39, 0.29) is 23.5 Å². The van der Waals surface area contributed by atoms with Crippen molar-refractivity contribution in [3.8, 4) is 0 Å². The molecule has 4 aliphatic rings. The highest BCUT2D eigenvalue weighted by molar-refractivity contribution is 14.1. The van der Waals surface area contributed by atoms with Gasteiger partial charge >= 0.3 is 11.9 Å². The molecule has 5 rings (SSSR count). The maximum atomic E-state index is 13.7. The number of carbonyl (C=O) groups excluding carboxylic acids is 2. The van der Waals surface area contributed by atoms with Gasteiger partial charge in [-0.2, -0.15) is 0 Å². The highest BCUT2D eigenvalue weighted by atomic mass is 127. The standard InChI is InChI=1S/C34H47IO4/c1-6-24-26-12-7-8-18-33(26,3)28-17-19-34(4)25(21(2)13-16-29(36)38-5)14-15-27(34)30(28)31(24)39-32(37)22-10-9-11-23(35)20-22/h9-11,14,20-21,24,26-28,30-31H,6-8,12-13,15-19H2,1-5H3/t21-,24-,26+,27+,28+,30+,31-,33+,34-/m1/s1. The highest BCUT2D eigenvalue weighted by Crippen LogP contribution is 2.69. The monoisotopic (exact) mass is 646 g/mol. The Hall–Kier alpha value is -1.37. The molecule has 3 saturated carbocycles. The maximum absolute atomic E-state index is 13.7. The van der Waals surface area contributed by atoms with Crippen LogP contribution in [0.2, 0.25) is 0 Å². The second-order valence-corrected chi connectivity index (χ2v) is 14.7. The zero-order valence-electron chi connectivity index (χ0n) is 24.5. The van der Waals surface area contributed by atoms with Crippen molar-refractivity contribution in [1.29, 1.82) is 0 Å². The average Bonchev–Trinajstić information content (AvgIpc) is 3.28. The summed E-state index contributed by atoms with van der Waals surface area (Å²) in [5, 5.41) is 0. The zero-order valence-corrected chi connectivity index (χ0v) is 26.7. The lowest BCUT2D eigenvalue weighted by molar-refractivity contribution is -0.188. The van der Waals surface area contributed by atoms with Gasteiger partial charge in [-0.05, 0) is 126 Å². The van der Waals surface area contributed by atoms with Gasteiger partial charge in [-0.3, -0.25) is 4.79 Å². The van der Waals surface area contributed by atoms with Crippen molar-refractivity contribution in [3.05, 3.63) is 45.0 Å². The number of carbonyl (C=O) groups is 2.